The van der Waals surface area contributed by atoms with Gasteiger partial charge in [-0.25, -0.2) is 9.07 Å². The topological polar surface area (TPSA) is 72.7 Å². The molecular formula is C22H20FN5O. The van der Waals surface area contributed by atoms with Crippen molar-refractivity contribution < 1.29 is 9.18 Å². The summed E-state index contributed by atoms with van der Waals surface area (Å²) in [4.78, 5) is 20.8. The molecule has 0 aliphatic carbocycles. The van der Waals surface area contributed by atoms with Crippen molar-refractivity contribution in [1.29, 1.82) is 0 Å². The van der Waals surface area contributed by atoms with Gasteiger partial charge >= 0.3 is 0 Å². The summed E-state index contributed by atoms with van der Waals surface area (Å²) in [5.41, 5.74) is 3.23. The minimum atomic E-state index is -0.526. The standard InChI is InChI=1S/C22H20FN5O/c1-14-10-17(8-9-24-14)28-20-13-25-19(22(23)18(20)12-26-28)11-21(29)27-15(2)16-6-4-3-5-7-16/h3-10,12-13,15H,11H2,1-2H3,(H,27,29)/t15-/m1/s1. The minimum Gasteiger partial charge on any atom is -0.349 e. The van der Waals surface area contributed by atoms with E-state index in [2.05, 4.69) is 20.4 Å². The summed E-state index contributed by atoms with van der Waals surface area (Å²) in [5.74, 6) is -0.814. The molecule has 0 aliphatic heterocycles. The number of carbonyl (C=O) groups excluding carboxylic acids is 1. The highest BCUT2D eigenvalue weighted by molar-refractivity contribution is 5.83. The molecule has 0 spiro atoms. The molecule has 4 aromatic rings. The Morgan fingerprint density at radius 1 is 1.17 bits per heavy atom. The Kier molecular flexibility index (Phi) is 5.03. The largest absolute Gasteiger partial charge is 0.349 e. The van der Waals surface area contributed by atoms with E-state index < -0.39 is 5.82 Å². The zero-order chi connectivity index (χ0) is 20.4. The minimum absolute atomic E-state index is 0.0979. The molecule has 0 saturated heterocycles. The lowest BCUT2D eigenvalue weighted by Gasteiger charge is -2.14. The number of pyridine rings is 2. The van der Waals surface area contributed by atoms with E-state index in [1.165, 1.54) is 6.20 Å². The fraction of sp³-hybridized carbons (Fsp3) is 0.182. The molecule has 0 radical (unpaired) electrons. The van der Waals surface area contributed by atoms with Crippen LogP contribution in [-0.4, -0.2) is 25.7 Å². The summed E-state index contributed by atoms with van der Waals surface area (Å²) in [6, 6.07) is 13.1. The number of halogens is 1. The zero-order valence-corrected chi connectivity index (χ0v) is 16.1. The average Bonchev–Trinajstić information content (AvgIpc) is 3.15. The van der Waals surface area contributed by atoms with Gasteiger partial charge in [-0.15, -0.1) is 0 Å². The molecule has 0 unspecified atom stereocenters. The highest BCUT2D eigenvalue weighted by atomic mass is 19.1. The molecule has 0 bridgehead atoms. The molecule has 4 rings (SSSR count). The fourth-order valence-corrected chi connectivity index (χ4v) is 3.26. The van der Waals surface area contributed by atoms with E-state index in [-0.39, 0.29) is 24.1 Å². The van der Waals surface area contributed by atoms with Gasteiger partial charge in [-0.3, -0.25) is 14.8 Å². The normalized spacial score (nSPS) is 12.1. The summed E-state index contributed by atoms with van der Waals surface area (Å²) < 4.78 is 16.6. The molecule has 146 valence electrons. The van der Waals surface area contributed by atoms with Gasteiger partial charge in [0.15, 0.2) is 5.82 Å². The third kappa shape index (κ3) is 3.85. The van der Waals surface area contributed by atoms with Gasteiger partial charge in [-0.1, -0.05) is 30.3 Å². The number of hydrogen-bond acceptors (Lipinski definition) is 4. The molecule has 1 aromatic carbocycles. The Hall–Kier alpha value is -3.61. The molecule has 3 heterocycles. The molecule has 29 heavy (non-hydrogen) atoms. The molecule has 1 amide bonds. The zero-order valence-electron chi connectivity index (χ0n) is 16.1. The first-order valence-corrected chi connectivity index (χ1v) is 9.31. The molecule has 0 aliphatic rings. The second-order valence-corrected chi connectivity index (χ2v) is 6.91. The van der Waals surface area contributed by atoms with Crippen molar-refractivity contribution in [3.8, 4) is 5.69 Å². The van der Waals surface area contributed by atoms with Gasteiger partial charge in [0.2, 0.25) is 5.91 Å². The predicted molar refractivity (Wildman–Crippen MR) is 108 cm³/mol. The molecule has 3 aromatic heterocycles. The van der Waals surface area contributed by atoms with Crippen LogP contribution in [0.1, 0.15) is 29.9 Å². The lowest BCUT2D eigenvalue weighted by atomic mass is 10.1. The second-order valence-electron chi connectivity index (χ2n) is 6.91. The Morgan fingerprint density at radius 2 is 1.97 bits per heavy atom. The fourth-order valence-electron chi connectivity index (χ4n) is 3.26. The summed E-state index contributed by atoms with van der Waals surface area (Å²) in [6.07, 6.45) is 4.54. The third-order valence-corrected chi connectivity index (χ3v) is 4.77. The number of fused-ring (bicyclic) bond motifs is 1. The van der Waals surface area contributed by atoms with E-state index in [1.54, 1.807) is 23.1 Å². The van der Waals surface area contributed by atoms with Crippen LogP contribution in [0.2, 0.25) is 0 Å². The Morgan fingerprint density at radius 3 is 2.72 bits per heavy atom. The van der Waals surface area contributed by atoms with Gasteiger partial charge in [-0.05, 0) is 31.5 Å². The van der Waals surface area contributed by atoms with Gasteiger partial charge in [0.1, 0.15) is 0 Å². The number of amides is 1. The molecule has 6 nitrogen and oxygen atoms in total. The van der Waals surface area contributed by atoms with Crippen molar-refractivity contribution >= 4 is 16.8 Å². The van der Waals surface area contributed by atoms with Crippen molar-refractivity contribution in [2.75, 3.05) is 0 Å². The van der Waals surface area contributed by atoms with Crippen LogP contribution in [-0.2, 0) is 11.2 Å². The van der Waals surface area contributed by atoms with Crippen molar-refractivity contribution in [1.82, 2.24) is 25.1 Å². The van der Waals surface area contributed by atoms with E-state index in [4.69, 9.17) is 0 Å². The molecule has 0 fully saturated rings. The molecule has 1 atom stereocenters. The van der Waals surface area contributed by atoms with Gasteiger partial charge < -0.3 is 5.32 Å². The lowest BCUT2D eigenvalue weighted by Crippen LogP contribution is -2.28. The summed E-state index contributed by atoms with van der Waals surface area (Å²) in [7, 11) is 0. The Balaban J connectivity index is 1.56. The van der Waals surface area contributed by atoms with E-state index >= 15 is 0 Å². The molecule has 7 heteroatoms. The quantitative estimate of drug-likeness (QED) is 0.565. The maximum Gasteiger partial charge on any atom is 0.226 e. The third-order valence-electron chi connectivity index (χ3n) is 4.77. The van der Waals surface area contributed by atoms with Crippen molar-refractivity contribution in [2.45, 2.75) is 26.3 Å². The molecule has 1 N–H and O–H groups in total. The average molecular weight is 389 g/mol. The van der Waals surface area contributed by atoms with Crippen molar-refractivity contribution in [3.05, 3.63) is 83.8 Å². The number of rotatable bonds is 5. The first kappa shape index (κ1) is 18.7. The van der Waals surface area contributed by atoms with Crippen LogP contribution in [0, 0.1) is 12.7 Å². The molecule has 0 saturated carbocycles. The number of carbonyl (C=O) groups is 1. The second kappa shape index (κ2) is 7.79. The summed E-state index contributed by atoms with van der Waals surface area (Å²) in [6.45, 7) is 3.77. The van der Waals surface area contributed by atoms with E-state index in [1.807, 2.05) is 50.2 Å². The van der Waals surface area contributed by atoms with Gasteiger partial charge in [-0.2, -0.15) is 5.10 Å². The lowest BCUT2D eigenvalue weighted by molar-refractivity contribution is -0.121. The maximum atomic E-state index is 15.0. The number of aromatic nitrogens is 4. The van der Waals surface area contributed by atoms with Crippen LogP contribution < -0.4 is 5.32 Å². The van der Waals surface area contributed by atoms with Gasteiger partial charge in [0.05, 0.1) is 47.1 Å². The molecular weight excluding hydrogens is 369 g/mol. The maximum absolute atomic E-state index is 15.0. The monoisotopic (exact) mass is 389 g/mol. The Bertz CT molecular complexity index is 1170. The SMILES string of the molecule is Cc1cc(-n2ncc3c(F)c(CC(=O)N[C@H](C)c4ccccc4)ncc32)ccn1. The van der Waals surface area contributed by atoms with Gasteiger partial charge in [0.25, 0.3) is 0 Å². The number of nitrogens with one attached hydrogen (secondary N) is 1. The van der Waals surface area contributed by atoms with Crippen LogP contribution >= 0.6 is 0 Å². The highest BCUT2D eigenvalue weighted by Gasteiger charge is 2.18. The Labute approximate surface area is 167 Å². The van der Waals surface area contributed by atoms with Crippen LogP contribution in [0.5, 0.6) is 0 Å². The van der Waals surface area contributed by atoms with E-state index in [0.29, 0.717) is 10.9 Å². The van der Waals surface area contributed by atoms with E-state index in [9.17, 15) is 9.18 Å². The van der Waals surface area contributed by atoms with Crippen LogP contribution in [0.25, 0.3) is 16.6 Å². The van der Waals surface area contributed by atoms with Crippen LogP contribution in [0.15, 0.2) is 61.1 Å². The first-order valence-electron chi connectivity index (χ1n) is 9.31. The smallest absolute Gasteiger partial charge is 0.226 e. The number of benzene rings is 1. The first-order chi connectivity index (χ1) is 14.0. The van der Waals surface area contributed by atoms with Gasteiger partial charge in [0, 0.05) is 11.9 Å². The predicted octanol–water partition coefficient (Wildman–Crippen LogP) is 3.68. The van der Waals surface area contributed by atoms with Crippen molar-refractivity contribution in [2.24, 2.45) is 0 Å². The number of hydrogen-bond donors (Lipinski definition) is 1. The highest BCUT2D eigenvalue weighted by Crippen LogP contribution is 2.22. The summed E-state index contributed by atoms with van der Waals surface area (Å²) in [5, 5.41) is 7.50. The number of nitrogens with zero attached hydrogens (tertiary/aromatic N) is 4. The number of aryl methyl sites for hydroxylation is 1. The summed E-state index contributed by atoms with van der Waals surface area (Å²) >= 11 is 0. The van der Waals surface area contributed by atoms with Crippen LogP contribution in [0.4, 0.5) is 4.39 Å². The van der Waals surface area contributed by atoms with E-state index in [0.717, 1.165) is 16.9 Å². The van der Waals surface area contributed by atoms with Crippen LogP contribution in [0.3, 0.4) is 0 Å². The van der Waals surface area contributed by atoms with Crippen molar-refractivity contribution in [3.63, 3.8) is 0 Å².